The predicted molar refractivity (Wildman–Crippen MR) is 70.4 cm³/mol. The molecule has 0 spiro atoms. The molecule has 1 atom stereocenters. The van der Waals surface area contributed by atoms with Crippen LogP contribution in [0, 0.1) is 0 Å². The molecule has 1 fully saturated rings. The molecule has 5 heteroatoms. The van der Waals surface area contributed by atoms with Crippen LogP contribution in [0.15, 0.2) is 0 Å². The van der Waals surface area contributed by atoms with Crippen LogP contribution in [-0.4, -0.2) is 73.4 Å². The Morgan fingerprint density at radius 1 is 1.33 bits per heavy atom. The Bertz CT molecular complexity index is 248. The molecule has 0 aromatic carbocycles. The Morgan fingerprint density at radius 3 is 2.72 bits per heavy atom. The van der Waals surface area contributed by atoms with Crippen molar-refractivity contribution in [2.45, 2.75) is 32.2 Å². The first kappa shape index (κ1) is 15.4. The number of rotatable bonds is 7. The Balaban J connectivity index is 2.21. The standard InChI is InChI=1S/C13H26N2O3/c1-12-11-14(7-5-13(17)18-2)8-9-15(12)6-3-4-10-16/h12,16H,3-11H2,1-2H3. The summed E-state index contributed by atoms with van der Waals surface area (Å²) >= 11 is 0. The van der Waals surface area contributed by atoms with Gasteiger partial charge in [0.1, 0.15) is 0 Å². The molecule has 1 heterocycles. The molecule has 0 radical (unpaired) electrons. The quantitative estimate of drug-likeness (QED) is 0.527. The molecule has 18 heavy (non-hydrogen) atoms. The Labute approximate surface area is 110 Å². The van der Waals surface area contributed by atoms with E-state index in [1.807, 2.05) is 0 Å². The van der Waals surface area contributed by atoms with E-state index in [0.29, 0.717) is 12.5 Å². The summed E-state index contributed by atoms with van der Waals surface area (Å²) in [5.41, 5.74) is 0. The van der Waals surface area contributed by atoms with Crippen LogP contribution in [0.3, 0.4) is 0 Å². The van der Waals surface area contributed by atoms with Gasteiger partial charge in [-0.25, -0.2) is 0 Å². The maximum atomic E-state index is 11.1. The minimum atomic E-state index is -0.131. The molecule has 0 aromatic rings. The highest BCUT2D eigenvalue weighted by molar-refractivity contribution is 5.69. The van der Waals surface area contributed by atoms with E-state index in [9.17, 15) is 4.79 Å². The first-order valence-electron chi connectivity index (χ1n) is 6.81. The van der Waals surface area contributed by atoms with Gasteiger partial charge in [-0.15, -0.1) is 0 Å². The van der Waals surface area contributed by atoms with E-state index >= 15 is 0 Å². The number of hydrogen-bond donors (Lipinski definition) is 1. The summed E-state index contributed by atoms with van der Waals surface area (Å²) in [7, 11) is 1.43. The van der Waals surface area contributed by atoms with E-state index in [0.717, 1.165) is 45.6 Å². The van der Waals surface area contributed by atoms with E-state index in [1.165, 1.54) is 7.11 Å². The molecule has 0 saturated carbocycles. The first-order valence-corrected chi connectivity index (χ1v) is 6.81. The minimum Gasteiger partial charge on any atom is -0.469 e. The van der Waals surface area contributed by atoms with Gasteiger partial charge in [0.15, 0.2) is 0 Å². The SMILES string of the molecule is COC(=O)CCN1CCN(CCCCO)C(C)C1. The summed E-state index contributed by atoms with van der Waals surface area (Å²) in [5, 5.41) is 8.78. The molecule has 106 valence electrons. The van der Waals surface area contributed by atoms with Crippen molar-refractivity contribution in [3.05, 3.63) is 0 Å². The van der Waals surface area contributed by atoms with Crippen LogP contribution in [0.1, 0.15) is 26.2 Å². The van der Waals surface area contributed by atoms with Crippen LogP contribution < -0.4 is 0 Å². The van der Waals surface area contributed by atoms with Crippen molar-refractivity contribution in [1.29, 1.82) is 0 Å². The Kier molecular flexibility index (Phi) is 7.23. The van der Waals surface area contributed by atoms with Crippen LogP contribution in [0.4, 0.5) is 0 Å². The molecule has 0 amide bonds. The van der Waals surface area contributed by atoms with Crippen molar-refractivity contribution < 1.29 is 14.6 Å². The molecule has 1 unspecified atom stereocenters. The van der Waals surface area contributed by atoms with Crippen LogP contribution in [0.5, 0.6) is 0 Å². The van der Waals surface area contributed by atoms with Crippen molar-refractivity contribution in [3.8, 4) is 0 Å². The van der Waals surface area contributed by atoms with Gasteiger partial charge in [-0.2, -0.15) is 0 Å². The number of hydrogen-bond acceptors (Lipinski definition) is 5. The zero-order valence-corrected chi connectivity index (χ0v) is 11.6. The lowest BCUT2D eigenvalue weighted by Gasteiger charge is -2.39. The number of methoxy groups -OCH3 is 1. The van der Waals surface area contributed by atoms with Crippen molar-refractivity contribution in [2.24, 2.45) is 0 Å². The third-order valence-electron chi connectivity index (χ3n) is 3.56. The van der Waals surface area contributed by atoms with Crippen molar-refractivity contribution in [1.82, 2.24) is 9.80 Å². The number of piperazine rings is 1. The highest BCUT2D eigenvalue weighted by atomic mass is 16.5. The molecular weight excluding hydrogens is 232 g/mol. The average molecular weight is 258 g/mol. The lowest BCUT2D eigenvalue weighted by molar-refractivity contribution is -0.141. The van der Waals surface area contributed by atoms with Gasteiger partial charge in [0.2, 0.25) is 0 Å². The maximum Gasteiger partial charge on any atom is 0.306 e. The predicted octanol–water partition coefficient (Wildman–Crippen LogP) is 0.328. The Morgan fingerprint density at radius 2 is 2.11 bits per heavy atom. The highest BCUT2D eigenvalue weighted by Gasteiger charge is 2.23. The zero-order valence-electron chi connectivity index (χ0n) is 11.6. The summed E-state index contributed by atoms with van der Waals surface area (Å²) < 4.78 is 4.66. The fraction of sp³-hybridized carbons (Fsp3) is 0.923. The third-order valence-corrected chi connectivity index (χ3v) is 3.56. The summed E-state index contributed by atoms with van der Waals surface area (Å²) in [6, 6.07) is 0.523. The number of ether oxygens (including phenoxy) is 1. The van der Waals surface area contributed by atoms with E-state index in [-0.39, 0.29) is 12.6 Å². The second kappa shape index (κ2) is 8.45. The largest absolute Gasteiger partial charge is 0.469 e. The van der Waals surface area contributed by atoms with Gasteiger partial charge < -0.3 is 9.84 Å². The second-order valence-electron chi connectivity index (χ2n) is 4.94. The fourth-order valence-corrected chi connectivity index (χ4v) is 2.38. The smallest absolute Gasteiger partial charge is 0.306 e. The first-order chi connectivity index (χ1) is 8.67. The number of aliphatic hydroxyl groups excluding tert-OH is 1. The Hall–Kier alpha value is -0.650. The fourth-order valence-electron chi connectivity index (χ4n) is 2.38. The highest BCUT2D eigenvalue weighted by Crippen LogP contribution is 2.11. The molecule has 5 nitrogen and oxygen atoms in total. The van der Waals surface area contributed by atoms with Crippen molar-refractivity contribution in [3.63, 3.8) is 0 Å². The summed E-state index contributed by atoms with van der Waals surface area (Å²) in [6.45, 7) is 7.44. The number of carbonyl (C=O) groups excluding carboxylic acids is 1. The van der Waals surface area contributed by atoms with E-state index in [2.05, 4.69) is 21.5 Å². The molecule has 0 aliphatic carbocycles. The molecular formula is C13H26N2O3. The minimum absolute atomic E-state index is 0.131. The average Bonchev–Trinajstić information content (AvgIpc) is 2.38. The van der Waals surface area contributed by atoms with E-state index in [1.54, 1.807) is 0 Å². The van der Waals surface area contributed by atoms with Gasteiger partial charge in [-0.1, -0.05) is 0 Å². The number of aliphatic hydroxyl groups is 1. The van der Waals surface area contributed by atoms with Gasteiger partial charge in [-0.3, -0.25) is 14.6 Å². The lowest BCUT2D eigenvalue weighted by atomic mass is 10.1. The normalized spacial score (nSPS) is 22.1. The number of nitrogens with zero attached hydrogens (tertiary/aromatic N) is 2. The number of esters is 1. The van der Waals surface area contributed by atoms with Crippen molar-refractivity contribution in [2.75, 3.05) is 46.4 Å². The summed E-state index contributed by atoms with van der Waals surface area (Å²) in [5.74, 6) is -0.131. The van der Waals surface area contributed by atoms with Crippen LogP contribution in [0.2, 0.25) is 0 Å². The van der Waals surface area contributed by atoms with Gasteiger partial charge in [-0.05, 0) is 26.3 Å². The summed E-state index contributed by atoms with van der Waals surface area (Å²) in [4.78, 5) is 15.9. The lowest BCUT2D eigenvalue weighted by Crippen LogP contribution is -2.52. The van der Waals surface area contributed by atoms with E-state index in [4.69, 9.17) is 5.11 Å². The molecule has 1 saturated heterocycles. The van der Waals surface area contributed by atoms with Gasteiger partial charge in [0, 0.05) is 38.8 Å². The van der Waals surface area contributed by atoms with Gasteiger partial charge >= 0.3 is 5.97 Å². The zero-order chi connectivity index (χ0) is 13.4. The molecule has 1 N–H and O–H groups in total. The molecule has 0 aromatic heterocycles. The van der Waals surface area contributed by atoms with Crippen LogP contribution >= 0.6 is 0 Å². The molecule has 1 aliphatic heterocycles. The van der Waals surface area contributed by atoms with E-state index < -0.39 is 0 Å². The molecule has 0 bridgehead atoms. The second-order valence-corrected chi connectivity index (χ2v) is 4.94. The third kappa shape index (κ3) is 5.33. The van der Waals surface area contributed by atoms with Gasteiger partial charge in [0.05, 0.1) is 13.5 Å². The van der Waals surface area contributed by atoms with Gasteiger partial charge in [0.25, 0.3) is 0 Å². The molecule has 1 aliphatic rings. The number of unbranched alkanes of at least 4 members (excludes halogenated alkanes) is 1. The monoisotopic (exact) mass is 258 g/mol. The van der Waals surface area contributed by atoms with Crippen molar-refractivity contribution >= 4 is 5.97 Å². The molecule has 1 rings (SSSR count). The maximum absolute atomic E-state index is 11.1. The topological polar surface area (TPSA) is 53.0 Å². The van der Waals surface area contributed by atoms with Crippen LogP contribution in [-0.2, 0) is 9.53 Å². The number of carbonyl (C=O) groups is 1. The summed E-state index contributed by atoms with van der Waals surface area (Å²) in [6.07, 6.45) is 2.42. The van der Waals surface area contributed by atoms with Crippen LogP contribution in [0.25, 0.3) is 0 Å².